The molecule has 0 amide bonds. The summed E-state index contributed by atoms with van der Waals surface area (Å²) in [5.41, 5.74) is 7.42. The zero-order valence-electron chi connectivity index (χ0n) is 27.9. The zero-order chi connectivity index (χ0) is 32.8. The van der Waals surface area contributed by atoms with E-state index in [0.717, 1.165) is 32.1 Å². The first kappa shape index (κ1) is 47.6. The fourth-order valence-corrected chi connectivity index (χ4v) is 5.09. The van der Waals surface area contributed by atoms with Crippen LogP contribution in [0.25, 0.3) is 5.73 Å². The van der Waals surface area contributed by atoms with E-state index < -0.39 is 28.4 Å². The van der Waals surface area contributed by atoms with Gasteiger partial charge in [0.05, 0.1) is 0 Å². The van der Waals surface area contributed by atoms with Crippen LogP contribution < -0.4 is 0 Å². The predicted octanol–water partition coefficient (Wildman–Crippen LogP) is 13.4. The first-order valence-corrected chi connectivity index (χ1v) is 23.2. The molecule has 0 heterocycles. The third-order valence-corrected chi connectivity index (χ3v) is 7.90. The van der Waals surface area contributed by atoms with E-state index in [0.29, 0.717) is 18.8 Å². The number of hydrogen-bond donors (Lipinski definition) is 2. The minimum absolute atomic E-state index is 0.142. The Morgan fingerprint density at radius 3 is 1.07 bits per heavy atom. The number of carboxylic acid groups (broad SMARTS) is 2. The number of rotatable bonds is 24. The van der Waals surface area contributed by atoms with Crippen molar-refractivity contribution in [3.8, 4) is 0 Å². The summed E-state index contributed by atoms with van der Waals surface area (Å²) < 4.78 is 0. The van der Waals surface area contributed by atoms with Gasteiger partial charge in [-0.05, 0) is 12.8 Å². The number of nitrogens with one attached hydrogen (secondary N) is 1. The van der Waals surface area contributed by atoms with Crippen molar-refractivity contribution < 1.29 is 36.3 Å². The third-order valence-electron chi connectivity index (χ3n) is 7.90. The van der Waals surface area contributed by atoms with Crippen LogP contribution >= 0.6 is 18.8 Å². The molecule has 3 N–H and O–H groups in total. The molecule has 0 aromatic rings. The number of halogens is 2. The van der Waals surface area contributed by atoms with Gasteiger partial charge >= 0.3 is 47.3 Å². The van der Waals surface area contributed by atoms with Crippen LogP contribution in [0, 0.1) is 12.8 Å². The fourth-order valence-electron chi connectivity index (χ4n) is 5.09. The van der Waals surface area contributed by atoms with Gasteiger partial charge in [0, 0.05) is 12.8 Å². The Morgan fingerprint density at radius 1 is 0.605 bits per heavy atom. The summed E-state index contributed by atoms with van der Waals surface area (Å²) in [5, 5.41) is 16.9. The van der Waals surface area contributed by atoms with E-state index in [1.165, 1.54) is 135 Å². The molecule has 1 saturated carbocycles. The van der Waals surface area contributed by atoms with E-state index >= 15 is 0 Å². The van der Waals surface area contributed by atoms with Crippen molar-refractivity contribution in [3.63, 3.8) is 0 Å². The van der Waals surface area contributed by atoms with Crippen LogP contribution in [0.3, 0.4) is 0 Å². The van der Waals surface area contributed by atoms with E-state index in [-0.39, 0.29) is 6.04 Å². The van der Waals surface area contributed by atoms with Crippen molar-refractivity contribution in [1.29, 1.82) is 0 Å². The predicted molar refractivity (Wildman–Crippen MR) is 185 cm³/mol. The molecule has 0 radical (unpaired) electrons. The molecular weight excluding hydrogens is 764 g/mol. The van der Waals surface area contributed by atoms with E-state index in [9.17, 15) is 9.59 Å². The topological polar surface area (TPSA) is 98.4 Å². The molecule has 8 heteroatoms. The molecule has 0 aromatic carbocycles. The Balaban J connectivity index is -0.000000556. The molecule has 5 nitrogen and oxygen atoms in total. The summed E-state index contributed by atoms with van der Waals surface area (Å²) in [7, 11) is 9.75. The number of aliphatic carboxylic acids is 2. The monoisotopic (exact) mass is 832 g/mol. The van der Waals surface area contributed by atoms with Crippen LogP contribution in [0.15, 0.2) is 0 Å². The molecule has 0 saturated heterocycles. The molecule has 0 aliphatic heterocycles. The summed E-state index contributed by atoms with van der Waals surface area (Å²) in [6, 6.07) is 0.142. The zero-order valence-corrected chi connectivity index (χ0v) is 31.7. The molecule has 1 aliphatic carbocycles. The van der Waals surface area contributed by atoms with Gasteiger partial charge in [0.1, 0.15) is 0 Å². The average Bonchev–Trinajstić information content (AvgIpc) is 2.97. The maximum atomic E-state index is 10.3. The number of carboxylic acids is 2. The maximum absolute atomic E-state index is 10.3. The molecule has 1 aliphatic rings. The molecule has 262 valence electrons. The molecule has 0 aromatic heterocycles. The van der Waals surface area contributed by atoms with Crippen LogP contribution in [0.1, 0.15) is 194 Å². The standard InChI is InChI=1S/2C14H28O2.C7H13N.2ClH.Pt/c2*1-2-3-4-5-6-7-8-9-10-11-12-13-14(15)16;1-6-4-2-3-5-7(6)8;;;/h2*2-13H2,1H3,(H,15,16);6-8H,1-5H2;2*1H;/q;;-2;;;+4/p-2/t;;6-,7-;;;/m..1.../s1. The number of unbranched alkanes of at least 4 members (excludes halogenated alkanes) is 20. The molecule has 1 fully saturated rings. The molecule has 0 unspecified atom stereocenters. The average molecular weight is 834 g/mol. The van der Waals surface area contributed by atoms with Crippen molar-refractivity contribution >= 4 is 30.8 Å². The van der Waals surface area contributed by atoms with Crippen LogP contribution in [-0.2, 0) is 26.1 Å². The van der Waals surface area contributed by atoms with E-state index in [1.54, 1.807) is 0 Å². The molecular formula is C35H69Cl2NO4Pt. The van der Waals surface area contributed by atoms with Gasteiger partial charge < -0.3 is 22.9 Å². The van der Waals surface area contributed by atoms with Crippen molar-refractivity contribution in [1.82, 2.24) is 0 Å². The first-order valence-electron chi connectivity index (χ1n) is 17.6. The second-order valence-electron chi connectivity index (χ2n) is 12.1. The normalized spacial score (nSPS) is 15.8. The Kier molecular flexibility index (Phi) is 46.7. The van der Waals surface area contributed by atoms with Gasteiger partial charge in [0.15, 0.2) is 0 Å². The van der Waals surface area contributed by atoms with Gasteiger partial charge in [0.25, 0.3) is 0 Å². The Hall–Kier alpha value is 0.168. The van der Waals surface area contributed by atoms with Crippen LogP contribution in [0.5, 0.6) is 0 Å². The summed E-state index contributed by atoms with van der Waals surface area (Å²) in [5.74, 6) is -0.893. The molecule has 0 bridgehead atoms. The Labute approximate surface area is 284 Å². The van der Waals surface area contributed by atoms with Gasteiger partial charge in [0.2, 0.25) is 0 Å². The number of hydrogen-bond acceptors (Lipinski definition) is 2. The quantitative estimate of drug-likeness (QED) is 0.0747. The van der Waals surface area contributed by atoms with Crippen molar-refractivity contribution in [3.05, 3.63) is 12.7 Å². The summed E-state index contributed by atoms with van der Waals surface area (Å²) >= 11 is -0.472. The van der Waals surface area contributed by atoms with Gasteiger partial charge in [-0.2, -0.15) is 12.0 Å². The number of carbonyl (C=O) groups is 2. The van der Waals surface area contributed by atoms with Crippen molar-refractivity contribution in [2.24, 2.45) is 5.92 Å². The van der Waals surface area contributed by atoms with Crippen molar-refractivity contribution in [2.75, 3.05) is 0 Å². The van der Waals surface area contributed by atoms with Gasteiger partial charge in [-0.1, -0.05) is 168 Å². The summed E-state index contributed by atoms with van der Waals surface area (Å²) in [4.78, 5) is 20.5. The summed E-state index contributed by atoms with van der Waals surface area (Å²) in [6.45, 7) is 8.39. The second-order valence-corrected chi connectivity index (χ2v) is 15.3. The van der Waals surface area contributed by atoms with Crippen LogP contribution in [0.2, 0.25) is 0 Å². The van der Waals surface area contributed by atoms with E-state index in [4.69, 9.17) is 34.8 Å². The van der Waals surface area contributed by atoms with Crippen LogP contribution in [0.4, 0.5) is 0 Å². The minimum atomic E-state index is -0.657. The second kappa shape index (κ2) is 42.2. The Bertz CT molecular complexity index is 512. The van der Waals surface area contributed by atoms with Crippen molar-refractivity contribution in [2.45, 2.75) is 200 Å². The molecule has 0 spiro atoms. The SMILES string of the molecule is CCCCCCCCCCCCCC(=O)O.CCCCCCCCCCCCCC(=O)O.[CH2-][C@@H]1CCCC[C@H]1[NH-].[Cl][Pt+2][Cl]. The Morgan fingerprint density at radius 2 is 0.860 bits per heavy atom. The molecule has 2 atom stereocenters. The van der Waals surface area contributed by atoms with Gasteiger partial charge in [-0.3, -0.25) is 9.59 Å². The first-order chi connectivity index (χ1) is 20.8. The van der Waals surface area contributed by atoms with E-state index in [1.807, 2.05) is 0 Å². The molecule has 43 heavy (non-hydrogen) atoms. The van der Waals surface area contributed by atoms with Crippen LogP contribution in [-0.4, -0.2) is 28.2 Å². The van der Waals surface area contributed by atoms with Gasteiger partial charge in [-0.25, -0.2) is 0 Å². The summed E-state index contributed by atoms with van der Waals surface area (Å²) in [6.07, 6.45) is 33.5. The molecule has 1 rings (SSSR count). The van der Waals surface area contributed by atoms with Gasteiger partial charge in [-0.15, -0.1) is 0 Å². The van der Waals surface area contributed by atoms with E-state index in [2.05, 4.69) is 20.8 Å². The fraction of sp³-hybridized carbons (Fsp3) is 0.914. The third kappa shape index (κ3) is 49.3.